The van der Waals surface area contributed by atoms with Crippen molar-refractivity contribution in [2.24, 2.45) is 16.7 Å². The lowest BCUT2D eigenvalue weighted by atomic mass is 9.70. The Morgan fingerprint density at radius 2 is 1.23 bits per heavy atom. The predicted molar refractivity (Wildman–Crippen MR) is 150 cm³/mol. The van der Waals surface area contributed by atoms with Gasteiger partial charge < -0.3 is 9.22 Å². The standard InChI is InChI=1S/C32H62NO2/c1-7-8-9-10-11-12-13-14-15-16-17-18-19-20-21-22-25-33(5,6)27-30(34)35-29-26-28-23-24-32(29,4)31(28,2)3/h28-29H,7-27H2,1-6H3/q+1/t28-,29+,32-/m0/s1. The Hall–Kier alpha value is -0.570. The number of nitrogens with zero attached hydrogens (tertiary/aromatic N) is 1. The molecule has 0 spiro atoms. The van der Waals surface area contributed by atoms with Crippen molar-refractivity contribution >= 4 is 5.97 Å². The van der Waals surface area contributed by atoms with Crippen LogP contribution in [0.15, 0.2) is 0 Å². The van der Waals surface area contributed by atoms with Crippen LogP contribution in [0.25, 0.3) is 0 Å². The SMILES string of the molecule is CCCCCCCCCCCCCCCCCC[N+](C)(C)CC(=O)O[C@@H]1C[C@@H]2CC[C@]1(C)C2(C)C. The number of ether oxygens (including phenoxy) is 1. The maximum Gasteiger partial charge on any atom is 0.362 e. The van der Waals surface area contributed by atoms with Crippen molar-refractivity contribution in [2.45, 2.75) is 156 Å². The molecule has 2 rings (SSSR count). The fraction of sp³-hybridized carbons (Fsp3) is 0.969. The maximum atomic E-state index is 12.8. The predicted octanol–water partition coefficient (Wildman–Crippen LogP) is 9.08. The average Bonchev–Trinajstić information content (AvgIpc) is 3.12. The molecule has 2 bridgehead atoms. The normalized spacial score (nSPS) is 25.3. The Balaban J connectivity index is 1.43. The van der Waals surface area contributed by atoms with E-state index < -0.39 is 0 Å². The van der Waals surface area contributed by atoms with Gasteiger partial charge >= 0.3 is 5.97 Å². The molecule has 2 aliphatic carbocycles. The van der Waals surface area contributed by atoms with Crippen LogP contribution in [0, 0.1) is 16.7 Å². The van der Waals surface area contributed by atoms with E-state index in [1.165, 1.54) is 116 Å². The van der Waals surface area contributed by atoms with Gasteiger partial charge in [-0.15, -0.1) is 0 Å². The first-order valence-electron chi connectivity index (χ1n) is 15.6. The fourth-order valence-electron chi connectivity index (χ4n) is 7.02. The number of fused-ring (bicyclic) bond motifs is 2. The lowest BCUT2D eigenvalue weighted by Crippen LogP contribution is -2.47. The monoisotopic (exact) mass is 492 g/mol. The molecule has 0 amide bonds. The molecule has 0 aromatic carbocycles. The molecule has 206 valence electrons. The highest BCUT2D eigenvalue weighted by molar-refractivity contribution is 5.71. The minimum Gasteiger partial charge on any atom is -0.458 e. The molecule has 0 N–H and O–H groups in total. The van der Waals surface area contributed by atoms with Crippen LogP contribution in [0.3, 0.4) is 0 Å². The summed E-state index contributed by atoms with van der Waals surface area (Å²) in [4.78, 5) is 12.8. The molecule has 0 aromatic heterocycles. The molecule has 0 unspecified atom stereocenters. The maximum absolute atomic E-state index is 12.8. The number of carbonyl (C=O) groups excluding carboxylic acids is 1. The fourth-order valence-corrected chi connectivity index (χ4v) is 7.02. The summed E-state index contributed by atoms with van der Waals surface area (Å²) in [6.45, 7) is 11.0. The minimum atomic E-state index is 0.0149. The number of rotatable bonds is 20. The van der Waals surface area contributed by atoms with Gasteiger partial charge in [0.25, 0.3) is 0 Å². The Morgan fingerprint density at radius 1 is 0.771 bits per heavy atom. The molecule has 0 aliphatic heterocycles. The Bertz CT molecular complexity index is 598. The Kier molecular flexibility index (Phi) is 13.1. The van der Waals surface area contributed by atoms with E-state index in [2.05, 4.69) is 41.8 Å². The molecule has 2 fully saturated rings. The molecule has 0 aromatic rings. The number of quaternary nitrogens is 1. The number of likely N-dealkylation sites (N-methyl/N-ethyl adjacent to an activating group) is 1. The molecule has 3 atom stereocenters. The van der Waals surface area contributed by atoms with Crippen LogP contribution in [0.1, 0.15) is 150 Å². The molecule has 35 heavy (non-hydrogen) atoms. The van der Waals surface area contributed by atoms with Crippen molar-refractivity contribution in [1.29, 1.82) is 0 Å². The number of esters is 1. The third kappa shape index (κ3) is 9.67. The van der Waals surface area contributed by atoms with Crippen LogP contribution in [0.2, 0.25) is 0 Å². The number of hydrogen-bond donors (Lipinski definition) is 0. The summed E-state index contributed by atoms with van der Waals surface area (Å²) in [6, 6.07) is 0. The highest BCUT2D eigenvalue weighted by Gasteiger charge is 2.62. The quantitative estimate of drug-likeness (QED) is 0.0962. The zero-order valence-corrected chi connectivity index (χ0v) is 24.8. The highest BCUT2D eigenvalue weighted by atomic mass is 16.5. The van der Waals surface area contributed by atoms with E-state index >= 15 is 0 Å². The van der Waals surface area contributed by atoms with Crippen molar-refractivity contribution < 1.29 is 14.0 Å². The molecule has 2 saturated carbocycles. The summed E-state index contributed by atoms with van der Waals surface area (Å²) in [5.74, 6) is 0.735. The lowest BCUT2D eigenvalue weighted by Gasteiger charge is -2.39. The molecule has 0 saturated heterocycles. The lowest BCUT2D eigenvalue weighted by molar-refractivity contribution is -0.883. The van der Waals surface area contributed by atoms with Gasteiger partial charge in [-0.2, -0.15) is 0 Å². The van der Waals surface area contributed by atoms with Gasteiger partial charge in [0.05, 0.1) is 20.6 Å². The zero-order chi connectivity index (χ0) is 25.8. The van der Waals surface area contributed by atoms with Gasteiger partial charge in [0, 0.05) is 5.41 Å². The van der Waals surface area contributed by atoms with Gasteiger partial charge in [-0.3, -0.25) is 0 Å². The summed E-state index contributed by atoms with van der Waals surface area (Å²) in [5.41, 5.74) is 0.466. The molecule has 2 aliphatic rings. The van der Waals surface area contributed by atoms with E-state index in [0.29, 0.717) is 12.0 Å². The van der Waals surface area contributed by atoms with Gasteiger partial charge in [0.1, 0.15) is 6.10 Å². The van der Waals surface area contributed by atoms with Crippen LogP contribution in [-0.2, 0) is 9.53 Å². The second-order valence-corrected chi connectivity index (χ2v) is 13.7. The van der Waals surface area contributed by atoms with E-state index in [9.17, 15) is 4.79 Å². The Morgan fingerprint density at radius 3 is 1.63 bits per heavy atom. The third-order valence-corrected chi connectivity index (χ3v) is 10.2. The van der Waals surface area contributed by atoms with E-state index in [0.717, 1.165) is 23.4 Å². The number of carbonyl (C=O) groups is 1. The largest absolute Gasteiger partial charge is 0.458 e. The van der Waals surface area contributed by atoms with Crippen LogP contribution in [-0.4, -0.2) is 43.7 Å². The summed E-state index contributed by atoms with van der Waals surface area (Å²) >= 11 is 0. The topological polar surface area (TPSA) is 26.3 Å². The molecule has 0 heterocycles. The van der Waals surface area contributed by atoms with E-state index in [4.69, 9.17) is 4.74 Å². The molecular weight excluding hydrogens is 430 g/mol. The van der Waals surface area contributed by atoms with Crippen molar-refractivity contribution in [3.05, 3.63) is 0 Å². The van der Waals surface area contributed by atoms with Crippen LogP contribution in [0.4, 0.5) is 0 Å². The van der Waals surface area contributed by atoms with Gasteiger partial charge in [-0.05, 0) is 43.4 Å². The van der Waals surface area contributed by atoms with Crippen molar-refractivity contribution in [2.75, 3.05) is 27.2 Å². The second-order valence-electron chi connectivity index (χ2n) is 13.7. The van der Waals surface area contributed by atoms with Crippen LogP contribution in [0.5, 0.6) is 0 Å². The van der Waals surface area contributed by atoms with Crippen LogP contribution >= 0.6 is 0 Å². The third-order valence-electron chi connectivity index (χ3n) is 10.2. The first kappa shape index (κ1) is 30.7. The van der Waals surface area contributed by atoms with Gasteiger partial charge in [-0.1, -0.05) is 118 Å². The van der Waals surface area contributed by atoms with Crippen molar-refractivity contribution in [3.8, 4) is 0 Å². The molecule has 3 heteroatoms. The first-order chi connectivity index (χ1) is 16.6. The first-order valence-corrected chi connectivity index (χ1v) is 15.6. The number of unbranched alkanes of at least 4 members (excludes halogenated alkanes) is 15. The zero-order valence-electron chi connectivity index (χ0n) is 24.8. The van der Waals surface area contributed by atoms with Crippen molar-refractivity contribution in [1.82, 2.24) is 0 Å². The average molecular weight is 493 g/mol. The number of hydrogen-bond acceptors (Lipinski definition) is 2. The van der Waals surface area contributed by atoms with Gasteiger partial charge in [0.2, 0.25) is 0 Å². The molecule has 0 radical (unpaired) electrons. The summed E-state index contributed by atoms with van der Waals surface area (Å²) in [6.07, 6.45) is 26.1. The van der Waals surface area contributed by atoms with E-state index in [-0.39, 0.29) is 17.5 Å². The van der Waals surface area contributed by atoms with Crippen molar-refractivity contribution in [3.63, 3.8) is 0 Å². The molecule has 3 nitrogen and oxygen atoms in total. The second kappa shape index (κ2) is 15.0. The van der Waals surface area contributed by atoms with Gasteiger partial charge in [0.15, 0.2) is 6.54 Å². The van der Waals surface area contributed by atoms with E-state index in [1.807, 2.05) is 0 Å². The summed E-state index contributed by atoms with van der Waals surface area (Å²) in [5, 5.41) is 0. The van der Waals surface area contributed by atoms with Gasteiger partial charge in [-0.25, -0.2) is 4.79 Å². The summed E-state index contributed by atoms with van der Waals surface area (Å²) < 4.78 is 6.86. The van der Waals surface area contributed by atoms with Crippen LogP contribution < -0.4 is 0 Å². The Labute approximate surface area is 219 Å². The molecular formula is C32H62NO2+. The summed E-state index contributed by atoms with van der Waals surface area (Å²) in [7, 11) is 4.39. The van der Waals surface area contributed by atoms with E-state index in [1.54, 1.807) is 0 Å². The highest BCUT2D eigenvalue weighted by Crippen LogP contribution is 2.66. The minimum absolute atomic E-state index is 0.0149. The smallest absolute Gasteiger partial charge is 0.362 e.